The summed E-state index contributed by atoms with van der Waals surface area (Å²) in [5.41, 5.74) is 0.0965. The van der Waals surface area contributed by atoms with Gasteiger partial charge in [-0.05, 0) is 57.0 Å². The number of hydrogen-bond donors (Lipinski definition) is 1. The lowest BCUT2D eigenvalue weighted by molar-refractivity contribution is 0.270. The Morgan fingerprint density at radius 3 is 2.36 bits per heavy atom. The molecule has 0 atom stereocenters. The molecule has 1 heterocycles. The average molecular weight is 355 g/mol. The molecule has 2 rings (SSSR count). The fraction of sp³-hybridized carbons (Fsp3) is 0.571. The number of piperidine rings is 1. The van der Waals surface area contributed by atoms with E-state index in [1.165, 1.54) is 11.2 Å². The van der Waals surface area contributed by atoms with Gasteiger partial charge in [-0.15, -0.1) is 12.4 Å². The molecule has 0 unspecified atom stereocenters. The first-order valence-corrected chi connectivity index (χ1v) is 8.40. The maximum atomic E-state index is 13.9. The zero-order chi connectivity index (χ0) is 15.6. The lowest BCUT2D eigenvalue weighted by atomic mass is 9.98. The highest BCUT2D eigenvalue weighted by atomic mass is 35.5. The quantitative estimate of drug-likeness (QED) is 0.902. The first kappa shape index (κ1) is 19.3. The molecule has 1 saturated heterocycles. The average Bonchev–Trinajstić information content (AvgIpc) is 2.43. The zero-order valence-corrected chi connectivity index (χ0v) is 14.2. The summed E-state index contributed by atoms with van der Waals surface area (Å²) in [5, 5.41) is 3.07. The minimum absolute atomic E-state index is 0. The van der Waals surface area contributed by atoms with Crippen LogP contribution in [0.15, 0.2) is 17.0 Å². The van der Waals surface area contributed by atoms with Crippen LogP contribution in [0.5, 0.6) is 0 Å². The minimum Gasteiger partial charge on any atom is -0.319 e. The van der Waals surface area contributed by atoms with Crippen molar-refractivity contribution in [2.75, 3.05) is 26.7 Å². The highest BCUT2D eigenvalue weighted by Gasteiger charge is 2.31. The van der Waals surface area contributed by atoms with Gasteiger partial charge in [0.25, 0.3) is 0 Å². The molecule has 0 amide bonds. The monoisotopic (exact) mass is 354 g/mol. The van der Waals surface area contributed by atoms with Crippen LogP contribution in [0.3, 0.4) is 0 Å². The second kappa shape index (κ2) is 7.68. The van der Waals surface area contributed by atoms with Crippen molar-refractivity contribution in [2.45, 2.75) is 24.7 Å². The molecule has 8 heteroatoms. The van der Waals surface area contributed by atoms with Gasteiger partial charge in [0.1, 0.15) is 16.5 Å². The summed E-state index contributed by atoms with van der Waals surface area (Å²) in [7, 11) is -2.12. The SMILES string of the molecule is CNCC1CCN(S(=O)(=O)c2cc(F)c(C)cc2F)CC1.Cl. The molecule has 0 aromatic heterocycles. The summed E-state index contributed by atoms with van der Waals surface area (Å²) in [5.74, 6) is -1.19. The van der Waals surface area contributed by atoms with E-state index < -0.39 is 26.6 Å². The van der Waals surface area contributed by atoms with E-state index in [0.29, 0.717) is 19.0 Å². The minimum atomic E-state index is -3.97. The van der Waals surface area contributed by atoms with E-state index in [9.17, 15) is 17.2 Å². The van der Waals surface area contributed by atoms with Crippen molar-refractivity contribution >= 4 is 22.4 Å². The van der Waals surface area contributed by atoms with Crippen LogP contribution < -0.4 is 5.32 Å². The normalized spacial score (nSPS) is 17.3. The number of hydrogen-bond acceptors (Lipinski definition) is 3. The molecule has 126 valence electrons. The molecule has 0 aliphatic carbocycles. The molecule has 1 aliphatic rings. The number of aryl methyl sites for hydroxylation is 1. The van der Waals surface area contributed by atoms with Crippen molar-refractivity contribution in [1.29, 1.82) is 0 Å². The van der Waals surface area contributed by atoms with E-state index in [1.807, 2.05) is 7.05 Å². The highest BCUT2D eigenvalue weighted by Crippen LogP contribution is 2.26. The smallest absolute Gasteiger partial charge is 0.246 e. The second-order valence-electron chi connectivity index (χ2n) is 5.44. The van der Waals surface area contributed by atoms with Crippen LogP contribution in [0.2, 0.25) is 0 Å². The Bertz CT molecular complexity index is 618. The van der Waals surface area contributed by atoms with Gasteiger partial charge >= 0.3 is 0 Å². The van der Waals surface area contributed by atoms with Gasteiger partial charge in [-0.1, -0.05) is 0 Å². The van der Waals surface area contributed by atoms with Crippen molar-refractivity contribution in [1.82, 2.24) is 9.62 Å². The van der Waals surface area contributed by atoms with Crippen LogP contribution in [0.4, 0.5) is 8.78 Å². The van der Waals surface area contributed by atoms with Gasteiger partial charge in [-0.3, -0.25) is 0 Å². The molecule has 1 aromatic rings. The Balaban J connectivity index is 0.00000242. The molecule has 1 aliphatic heterocycles. The molecule has 1 N–H and O–H groups in total. The van der Waals surface area contributed by atoms with Gasteiger partial charge in [-0.25, -0.2) is 17.2 Å². The van der Waals surface area contributed by atoms with Crippen molar-refractivity contribution < 1.29 is 17.2 Å². The van der Waals surface area contributed by atoms with E-state index >= 15 is 0 Å². The van der Waals surface area contributed by atoms with Gasteiger partial charge in [0, 0.05) is 13.1 Å². The van der Waals surface area contributed by atoms with Crippen molar-refractivity contribution in [3.8, 4) is 0 Å². The van der Waals surface area contributed by atoms with E-state index in [4.69, 9.17) is 0 Å². The summed E-state index contributed by atoms with van der Waals surface area (Å²) in [6.07, 6.45) is 1.44. The summed E-state index contributed by atoms with van der Waals surface area (Å²) in [4.78, 5) is -0.572. The van der Waals surface area contributed by atoms with Crippen molar-refractivity contribution in [2.24, 2.45) is 5.92 Å². The first-order chi connectivity index (χ1) is 9.86. The molecule has 0 radical (unpaired) electrons. The Morgan fingerprint density at radius 2 is 1.82 bits per heavy atom. The number of halogens is 3. The molecule has 1 aromatic carbocycles. The van der Waals surface area contributed by atoms with Gasteiger partial charge in [0.2, 0.25) is 10.0 Å². The van der Waals surface area contributed by atoms with Crippen LogP contribution in [0, 0.1) is 24.5 Å². The highest BCUT2D eigenvalue weighted by molar-refractivity contribution is 7.89. The van der Waals surface area contributed by atoms with E-state index in [-0.39, 0.29) is 18.0 Å². The van der Waals surface area contributed by atoms with Crippen LogP contribution in [-0.4, -0.2) is 39.4 Å². The predicted octanol–water partition coefficient (Wildman–Crippen LogP) is 2.32. The standard InChI is InChI=1S/C14H20F2N2O2S.ClH/c1-10-7-13(16)14(8-12(10)15)21(19,20)18-5-3-11(4-6-18)9-17-2;/h7-8,11,17H,3-6,9H2,1-2H3;1H. The number of rotatable bonds is 4. The topological polar surface area (TPSA) is 49.4 Å². The fourth-order valence-corrected chi connectivity index (χ4v) is 4.13. The Hall–Kier alpha value is -0.760. The summed E-state index contributed by atoms with van der Waals surface area (Å²) in [6.45, 7) is 2.91. The third kappa shape index (κ3) is 3.95. The van der Waals surface area contributed by atoms with Gasteiger partial charge in [0.15, 0.2) is 0 Å². The zero-order valence-electron chi connectivity index (χ0n) is 12.6. The van der Waals surface area contributed by atoms with E-state index in [2.05, 4.69) is 5.32 Å². The Kier molecular flexibility index (Phi) is 6.73. The van der Waals surface area contributed by atoms with Crippen LogP contribution in [0.25, 0.3) is 0 Å². The Labute approximate surface area is 136 Å². The molecule has 0 bridgehead atoms. The lowest BCUT2D eigenvalue weighted by Crippen LogP contribution is -2.40. The van der Waals surface area contributed by atoms with Gasteiger partial charge in [0.05, 0.1) is 0 Å². The van der Waals surface area contributed by atoms with Crippen LogP contribution >= 0.6 is 12.4 Å². The molecule has 4 nitrogen and oxygen atoms in total. The summed E-state index contributed by atoms with van der Waals surface area (Å²) < 4.78 is 53.6. The van der Waals surface area contributed by atoms with Crippen molar-refractivity contribution in [3.05, 3.63) is 29.3 Å². The first-order valence-electron chi connectivity index (χ1n) is 6.96. The van der Waals surface area contributed by atoms with Gasteiger partial charge < -0.3 is 5.32 Å². The van der Waals surface area contributed by atoms with Crippen molar-refractivity contribution in [3.63, 3.8) is 0 Å². The number of nitrogens with one attached hydrogen (secondary N) is 1. The number of benzene rings is 1. The molecular formula is C14H21ClF2N2O2S. The van der Waals surface area contributed by atoms with Crippen LogP contribution in [0.1, 0.15) is 18.4 Å². The van der Waals surface area contributed by atoms with E-state index in [1.54, 1.807) is 0 Å². The molecule has 1 fully saturated rings. The Morgan fingerprint density at radius 1 is 1.23 bits per heavy atom. The summed E-state index contributed by atoms with van der Waals surface area (Å²) >= 11 is 0. The van der Waals surface area contributed by atoms with E-state index in [0.717, 1.165) is 31.5 Å². The largest absolute Gasteiger partial charge is 0.319 e. The second-order valence-corrected chi connectivity index (χ2v) is 7.34. The van der Waals surface area contributed by atoms with Gasteiger partial charge in [-0.2, -0.15) is 4.31 Å². The third-order valence-electron chi connectivity index (χ3n) is 3.90. The number of nitrogens with zero attached hydrogens (tertiary/aromatic N) is 1. The number of sulfonamides is 1. The molecule has 22 heavy (non-hydrogen) atoms. The molecular weight excluding hydrogens is 334 g/mol. The lowest BCUT2D eigenvalue weighted by Gasteiger charge is -2.31. The molecule has 0 saturated carbocycles. The fourth-order valence-electron chi connectivity index (χ4n) is 2.61. The van der Waals surface area contributed by atoms with Crippen LogP contribution in [-0.2, 0) is 10.0 Å². The third-order valence-corrected chi connectivity index (χ3v) is 5.81. The maximum Gasteiger partial charge on any atom is 0.246 e. The summed E-state index contributed by atoms with van der Waals surface area (Å²) in [6, 6.07) is 1.70. The predicted molar refractivity (Wildman–Crippen MR) is 83.8 cm³/mol. The maximum absolute atomic E-state index is 13.9. The molecule has 0 spiro atoms.